The number of nitrogens with one attached hydrogen (secondary N) is 1. The minimum atomic E-state index is -4.48. The number of nitrogens with zero attached hydrogens (tertiary/aromatic N) is 1. The Bertz CT molecular complexity index is 1140. The van der Waals surface area contributed by atoms with E-state index in [9.17, 15) is 33.0 Å². The van der Waals surface area contributed by atoms with Crippen molar-refractivity contribution < 1.29 is 37.7 Å². The summed E-state index contributed by atoms with van der Waals surface area (Å²) in [6, 6.07) is 6.95. The quantitative estimate of drug-likeness (QED) is 0.317. The first-order valence-corrected chi connectivity index (χ1v) is 9.08. The maximum absolute atomic E-state index is 12.8. The maximum atomic E-state index is 12.8. The topological polar surface area (TPSA) is 109 Å². The van der Waals surface area contributed by atoms with Gasteiger partial charge in [-0.1, -0.05) is 17.4 Å². The van der Waals surface area contributed by atoms with Crippen molar-refractivity contribution in [1.29, 1.82) is 0 Å². The highest BCUT2D eigenvalue weighted by Gasteiger charge is 2.30. The fraction of sp³-hybridized carbons (Fsp3) is 0.105. The number of hydrogen-bond acceptors (Lipinski definition) is 7. The Morgan fingerprint density at radius 3 is 2.60 bits per heavy atom. The van der Waals surface area contributed by atoms with Crippen molar-refractivity contribution in [2.24, 2.45) is 0 Å². The number of benzene rings is 2. The first kappa shape index (κ1) is 21.1. The molecule has 2 aromatic carbocycles. The van der Waals surface area contributed by atoms with Crippen LogP contribution >= 0.6 is 11.3 Å². The van der Waals surface area contributed by atoms with E-state index < -0.39 is 30.2 Å². The Hall–Kier alpha value is -3.60. The van der Waals surface area contributed by atoms with Crippen molar-refractivity contribution in [2.45, 2.75) is 6.18 Å². The third kappa shape index (κ3) is 5.26. The van der Waals surface area contributed by atoms with E-state index >= 15 is 0 Å². The van der Waals surface area contributed by atoms with Gasteiger partial charge < -0.3 is 14.9 Å². The molecule has 30 heavy (non-hydrogen) atoms. The van der Waals surface area contributed by atoms with E-state index in [-0.39, 0.29) is 21.3 Å². The van der Waals surface area contributed by atoms with Crippen LogP contribution in [0.4, 0.5) is 18.3 Å². The lowest BCUT2D eigenvalue weighted by atomic mass is 10.2. The van der Waals surface area contributed by atoms with Gasteiger partial charge in [0.05, 0.1) is 15.8 Å². The largest absolute Gasteiger partial charge is 0.504 e. The molecule has 0 aliphatic heterocycles. The van der Waals surface area contributed by atoms with Gasteiger partial charge in [-0.15, -0.1) is 0 Å². The van der Waals surface area contributed by atoms with Gasteiger partial charge in [0, 0.05) is 6.08 Å². The van der Waals surface area contributed by atoms with Gasteiger partial charge in [-0.2, -0.15) is 13.2 Å². The molecular weight excluding hydrogens is 425 g/mol. The molecule has 3 N–H and O–H groups in total. The number of halogens is 3. The number of phenols is 2. The minimum absolute atomic E-state index is 0.0699. The summed E-state index contributed by atoms with van der Waals surface area (Å²) < 4.78 is 43.3. The monoisotopic (exact) mass is 438 g/mol. The Labute approximate surface area is 171 Å². The van der Waals surface area contributed by atoms with E-state index in [0.717, 1.165) is 29.5 Å². The molecule has 156 valence electrons. The third-order valence-corrected chi connectivity index (χ3v) is 4.65. The summed E-state index contributed by atoms with van der Waals surface area (Å²) in [5.41, 5.74) is -0.112. The van der Waals surface area contributed by atoms with Crippen LogP contribution in [0.5, 0.6) is 11.5 Å². The number of amides is 1. The Morgan fingerprint density at radius 2 is 1.90 bits per heavy atom. The van der Waals surface area contributed by atoms with Crippen LogP contribution in [0.3, 0.4) is 0 Å². The highest BCUT2D eigenvalue weighted by atomic mass is 32.1. The number of aromatic nitrogens is 1. The lowest BCUT2D eigenvalue weighted by Gasteiger charge is -2.04. The standard InChI is InChI=1S/C19H13F3N2O5S/c20-19(21,22)11-3-4-12-15(8-11)30-18(23-12)24-16(27)9-29-17(28)6-2-10-1-5-13(25)14(26)7-10/h1-8,25-26H,9H2,(H,23,24,27)/b6-2+. The van der Waals surface area contributed by atoms with Gasteiger partial charge in [-0.3, -0.25) is 10.1 Å². The van der Waals surface area contributed by atoms with Crippen LogP contribution < -0.4 is 5.32 Å². The average molecular weight is 438 g/mol. The SMILES string of the molecule is O=C(COC(=O)/C=C/c1ccc(O)c(O)c1)Nc1nc2ccc(C(F)(F)F)cc2s1. The molecule has 0 unspecified atom stereocenters. The first-order valence-electron chi connectivity index (χ1n) is 8.26. The molecule has 3 aromatic rings. The summed E-state index contributed by atoms with van der Waals surface area (Å²) in [7, 11) is 0. The van der Waals surface area contributed by atoms with Crippen molar-refractivity contribution in [3.8, 4) is 11.5 Å². The van der Waals surface area contributed by atoms with Crippen LogP contribution in [0.2, 0.25) is 0 Å². The smallest absolute Gasteiger partial charge is 0.416 e. The Morgan fingerprint density at radius 1 is 1.13 bits per heavy atom. The maximum Gasteiger partial charge on any atom is 0.416 e. The Kier molecular flexibility index (Phi) is 5.92. The predicted octanol–water partition coefficient (Wildman–Crippen LogP) is 3.92. The van der Waals surface area contributed by atoms with Crippen LogP contribution in [0.25, 0.3) is 16.3 Å². The summed E-state index contributed by atoms with van der Waals surface area (Å²) >= 11 is 0.859. The van der Waals surface area contributed by atoms with Crippen molar-refractivity contribution >= 4 is 44.6 Å². The highest BCUT2D eigenvalue weighted by molar-refractivity contribution is 7.22. The Balaban J connectivity index is 1.55. The molecule has 1 heterocycles. The number of hydrogen-bond donors (Lipinski definition) is 3. The minimum Gasteiger partial charge on any atom is -0.504 e. The number of rotatable bonds is 5. The summed E-state index contributed by atoms with van der Waals surface area (Å²) in [6.07, 6.45) is -2.15. The molecule has 1 aromatic heterocycles. The molecular formula is C19H13F3N2O5S. The lowest BCUT2D eigenvalue weighted by molar-refractivity contribution is -0.142. The van der Waals surface area contributed by atoms with E-state index in [1.807, 2.05) is 0 Å². The number of thiazole rings is 1. The number of anilines is 1. The zero-order valence-corrected chi connectivity index (χ0v) is 15.8. The predicted molar refractivity (Wildman–Crippen MR) is 103 cm³/mol. The second kappa shape index (κ2) is 8.41. The van der Waals surface area contributed by atoms with E-state index in [4.69, 9.17) is 4.74 Å². The van der Waals surface area contributed by atoms with Gasteiger partial charge >= 0.3 is 12.1 Å². The van der Waals surface area contributed by atoms with Crippen molar-refractivity contribution in [1.82, 2.24) is 4.98 Å². The number of phenolic OH excluding ortho intramolecular Hbond substituents is 2. The molecule has 0 aliphatic carbocycles. The second-order valence-corrected chi connectivity index (χ2v) is 6.97. The fourth-order valence-electron chi connectivity index (χ4n) is 2.30. The average Bonchev–Trinajstić information content (AvgIpc) is 3.08. The zero-order chi connectivity index (χ0) is 21.9. The molecule has 7 nitrogen and oxygen atoms in total. The van der Waals surface area contributed by atoms with Gasteiger partial charge in [-0.05, 0) is 42.0 Å². The molecule has 0 saturated carbocycles. The van der Waals surface area contributed by atoms with Crippen LogP contribution in [0, 0.1) is 0 Å². The number of ether oxygens (including phenoxy) is 1. The number of alkyl halides is 3. The number of fused-ring (bicyclic) bond motifs is 1. The molecule has 11 heteroatoms. The van der Waals surface area contributed by atoms with Crippen molar-refractivity contribution in [3.05, 3.63) is 53.6 Å². The fourth-order valence-corrected chi connectivity index (χ4v) is 3.22. The molecule has 0 aliphatic rings. The number of carbonyl (C=O) groups excluding carboxylic acids is 2. The molecule has 0 radical (unpaired) electrons. The molecule has 1 amide bonds. The second-order valence-electron chi connectivity index (χ2n) is 5.94. The molecule has 0 spiro atoms. The summed E-state index contributed by atoms with van der Waals surface area (Å²) in [5, 5.41) is 21.0. The van der Waals surface area contributed by atoms with Gasteiger partial charge in [0.2, 0.25) is 0 Å². The lowest BCUT2D eigenvalue weighted by Crippen LogP contribution is -2.19. The molecule has 3 rings (SSSR count). The van der Waals surface area contributed by atoms with E-state index in [0.29, 0.717) is 11.1 Å². The molecule has 0 atom stereocenters. The van der Waals surface area contributed by atoms with Crippen LogP contribution in [0.15, 0.2) is 42.5 Å². The number of aromatic hydroxyl groups is 2. The van der Waals surface area contributed by atoms with Gasteiger partial charge in [0.25, 0.3) is 5.91 Å². The van der Waals surface area contributed by atoms with Gasteiger partial charge in [0.1, 0.15) is 0 Å². The third-order valence-electron chi connectivity index (χ3n) is 3.72. The number of carbonyl (C=O) groups is 2. The normalized spacial score (nSPS) is 11.7. The van der Waals surface area contributed by atoms with Gasteiger partial charge in [0.15, 0.2) is 23.2 Å². The van der Waals surface area contributed by atoms with Gasteiger partial charge in [-0.25, -0.2) is 9.78 Å². The van der Waals surface area contributed by atoms with E-state index in [2.05, 4.69) is 10.3 Å². The highest BCUT2D eigenvalue weighted by Crippen LogP contribution is 2.34. The summed E-state index contributed by atoms with van der Waals surface area (Å²) in [6.45, 7) is -0.631. The summed E-state index contributed by atoms with van der Waals surface area (Å²) in [4.78, 5) is 27.6. The van der Waals surface area contributed by atoms with Crippen LogP contribution in [-0.4, -0.2) is 33.7 Å². The van der Waals surface area contributed by atoms with Crippen LogP contribution in [-0.2, 0) is 20.5 Å². The first-order chi connectivity index (χ1) is 14.1. The molecule has 0 fully saturated rings. The molecule has 0 bridgehead atoms. The zero-order valence-electron chi connectivity index (χ0n) is 14.9. The summed E-state index contributed by atoms with van der Waals surface area (Å²) in [5.74, 6) is -2.22. The molecule has 0 saturated heterocycles. The van der Waals surface area contributed by atoms with E-state index in [1.165, 1.54) is 30.3 Å². The van der Waals surface area contributed by atoms with E-state index in [1.54, 1.807) is 0 Å². The number of esters is 1. The van der Waals surface area contributed by atoms with Crippen molar-refractivity contribution in [3.63, 3.8) is 0 Å². The van der Waals surface area contributed by atoms with Crippen molar-refractivity contribution in [2.75, 3.05) is 11.9 Å². The van der Waals surface area contributed by atoms with Crippen LogP contribution in [0.1, 0.15) is 11.1 Å².